The summed E-state index contributed by atoms with van der Waals surface area (Å²) in [6, 6.07) is 5.54. The minimum Gasteiger partial charge on any atom is -0.772 e. The van der Waals surface area contributed by atoms with E-state index >= 15 is 0 Å². The number of thioether (sulfide) groups is 1. The van der Waals surface area contributed by atoms with E-state index in [2.05, 4.69) is 11.6 Å². The summed E-state index contributed by atoms with van der Waals surface area (Å²) in [5.74, 6) is 0. The molecule has 0 spiro atoms. The summed E-state index contributed by atoms with van der Waals surface area (Å²) in [5.41, 5.74) is 3.99. The molecule has 0 atom stereocenters. The van der Waals surface area contributed by atoms with Crippen LogP contribution in [0.2, 0.25) is 0 Å². The first kappa shape index (κ1) is 12.9. The molecule has 0 heterocycles. The van der Waals surface area contributed by atoms with Gasteiger partial charge in [-0.25, -0.2) is 0 Å². The van der Waals surface area contributed by atoms with Crippen molar-refractivity contribution in [1.29, 1.82) is 0 Å². The van der Waals surface area contributed by atoms with Crippen molar-refractivity contribution in [2.75, 3.05) is 4.97 Å². The third-order valence-corrected chi connectivity index (χ3v) is 2.48. The Kier molecular flexibility index (Phi) is 5.15. The predicted molar refractivity (Wildman–Crippen MR) is 72.8 cm³/mol. The van der Waals surface area contributed by atoms with E-state index in [-0.39, 0.29) is 0 Å². The molecular formula is C11H12BN2OS-. The van der Waals surface area contributed by atoms with Crippen molar-refractivity contribution in [2.45, 2.75) is 13.5 Å². The van der Waals surface area contributed by atoms with Gasteiger partial charge >= 0.3 is 0 Å². The van der Waals surface area contributed by atoms with E-state index in [4.69, 9.17) is 7.98 Å². The molecule has 0 aliphatic carbocycles. The molecule has 1 aromatic rings. The number of rotatable bonds is 5. The second-order valence-electron chi connectivity index (χ2n) is 3.20. The van der Waals surface area contributed by atoms with Crippen LogP contribution in [0, 0.1) is 12.1 Å². The second-order valence-corrected chi connectivity index (χ2v) is 4.01. The molecule has 0 aliphatic heterocycles. The number of aliphatic imine (C=N–C) groups is 1. The van der Waals surface area contributed by atoms with E-state index in [1.807, 2.05) is 19.1 Å². The van der Waals surface area contributed by atoms with E-state index in [1.54, 1.807) is 17.0 Å². The first-order valence-corrected chi connectivity index (χ1v) is 5.65. The predicted octanol–water partition coefficient (Wildman–Crippen LogP) is 2.79. The average molecular weight is 231 g/mol. The van der Waals surface area contributed by atoms with Crippen molar-refractivity contribution in [3.63, 3.8) is 0 Å². The minimum atomic E-state index is 0.376. The Morgan fingerprint density at radius 1 is 1.62 bits per heavy atom. The summed E-state index contributed by atoms with van der Waals surface area (Å²) >= 11 is 1.42. The van der Waals surface area contributed by atoms with E-state index in [9.17, 15) is 5.21 Å². The van der Waals surface area contributed by atoms with Crippen LogP contribution in [0.1, 0.15) is 11.1 Å². The van der Waals surface area contributed by atoms with Gasteiger partial charge in [-0.1, -0.05) is 30.5 Å². The molecule has 0 aromatic heterocycles. The van der Waals surface area contributed by atoms with Gasteiger partial charge in [-0.2, -0.15) is 0 Å². The van der Waals surface area contributed by atoms with Crippen LogP contribution < -0.4 is 4.97 Å². The highest BCUT2D eigenvalue weighted by atomic mass is 32.2. The summed E-state index contributed by atoms with van der Waals surface area (Å²) < 4.78 is 0. The van der Waals surface area contributed by atoms with Crippen LogP contribution >= 0.6 is 11.8 Å². The molecule has 82 valence electrons. The van der Waals surface area contributed by atoms with Gasteiger partial charge in [0, 0.05) is 5.69 Å². The molecule has 0 amide bonds. The third kappa shape index (κ3) is 3.75. The molecule has 1 aromatic carbocycles. The van der Waals surface area contributed by atoms with Gasteiger partial charge in [0.1, 0.15) is 0 Å². The summed E-state index contributed by atoms with van der Waals surface area (Å²) in [6.45, 7) is 5.93. The molecule has 0 saturated carbocycles. The van der Waals surface area contributed by atoms with Gasteiger partial charge in [-0.15, -0.1) is 0 Å². The summed E-state index contributed by atoms with van der Waals surface area (Å²) in [5, 5.41) is 12.7. The SMILES string of the molecule is [B]N([O-])c1cc(CN=CSC=C)ccc1C. The largest absolute Gasteiger partial charge is 0.772 e. The number of hydrogen-bond acceptors (Lipinski definition) is 4. The second kappa shape index (κ2) is 6.40. The highest BCUT2D eigenvalue weighted by Gasteiger charge is 1.98. The lowest BCUT2D eigenvalue weighted by Crippen LogP contribution is -2.10. The molecule has 0 N–H and O–H groups in total. The maximum absolute atomic E-state index is 11.0. The summed E-state index contributed by atoms with van der Waals surface area (Å²) in [6.07, 6.45) is 0. The van der Waals surface area contributed by atoms with Gasteiger partial charge < -0.3 is 10.2 Å². The Labute approximate surface area is 101 Å². The average Bonchev–Trinajstić information content (AvgIpc) is 2.26. The molecule has 2 radical (unpaired) electrons. The molecule has 5 heteroatoms. The van der Waals surface area contributed by atoms with Gasteiger partial charge in [0.05, 0.1) is 12.1 Å². The van der Waals surface area contributed by atoms with Crippen molar-refractivity contribution in [3.8, 4) is 0 Å². The van der Waals surface area contributed by atoms with E-state index < -0.39 is 0 Å². The molecule has 16 heavy (non-hydrogen) atoms. The zero-order chi connectivity index (χ0) is 12.0. The van der Waals surface area contributed by atoms with Crippen molar-refractivity contribution in [1.82, 2.24) is 0 Å². The van der Waals surface area contributed by atoms with Crippen LogP contribution in [0.25, 0.3) is 0 Å². The third-order valence-electron chi connectivity index (χ3n) is 2.02. The van der Waals surface area contributed by atoms with Crippen molar-refractivity contribution in [2.24, 2.45) is 4.99 Å². The van der Waals surface area contributed by atoms with Crippen LogP contribution in [0.5, 0.6) is 0 Å². The maximum atomic E-state index is 11.0. The first-order valence-electron chi connectivity index (χ1n) is 4.71. The Morgan fingerprint density at radius 2 is 2.38 bits per heavy atom. The molecule has 1 rings (SSSR count). The normalized spacial score (nSPS) is 10.6. The first-order chi connectivity index (χ1) is 7.65. The van der Waals surface area contributed by atoms with E-state index in [0.717, 1.165) is 11.1 Å². The Bertz CT molecular complexity index is 394. The monoisotopic (exact) mass is 231 g/mol. The minimum absolute atomic E-state index is 0.376. The number of nitrogens with zero attached hydrogens (tertiary/aromatic N) is 2. The summed E-state index contributed by atoms with van der Waals surface area (Å²) in [4.78, 5) is 4.54. The number of hydrogen-bond donors (Lipinski definition) is 0. The quantitative estimate of drug-likeness (QED) is 0.338. The van der Waals surface area contributed by atoms with Crippen molar-refractivity contribution >= 4 is 31.0 Å². The topological polar surface area (TPSA) is 38.7 Å². The van der Waals surface area contributed by atoms with Gasteiger partial charge in [-0.05, 0) is 29.5 Å². The standard InChI is InChI=1S/C11H12BN2OS/c1-3-16-8-13-7-10-5-4-9(2)11(6-10)14(12)15/h3-6,8H,1,7H2,2H3/q-1. The molecule has 0 bridgehead atoms. The number of aryl methyl sites for hydroxylation is 1. The lowest BCUT2D eigenvalue weighted by molar-refractivity contribution is 1.08. The lowest BCUT2D eigenvalue weighted by Gasteiger charge is -2.28. The Balaban J connectivity index is 2.74. The zero-order valence-electron chi connectivity index (χ0n) is 9.09. The zero-order valence-corrected chi connectivity index (χ0v) is 9.91. The van der Waals surface area contributed by atoms with Gasteiger partial charge in [0.15, 0.2) is 0 Å². The Morgan fingerprint density at radius 3 is 3.00 bits per heavy atom. The highest BCUT2D eigenvalue weighted by molar-refractivity contribution is 8.14. The van der Waals surface area contributed by atoms with Crippen LogP contribution in [0.15, 0.2) is 35.2 Å². The Hall–Kier alpha value is -1.20. The molecule has 3 nitrogen and oxygen atoms in total. The van der Waals surface area contributed by atoms with Gasteiger partial charge in [0.2, 0.25) is 7.98 Å². The molecule has 0 saturated heterocycles. The van der Waals surface area contributed by atoms with Crippen LogP contribution in [-0.4, -0.2) is 13.5 Å². The van der Waals surface area contributed by atoms with Crippen LogP contribution in [0.3, 0.4) is 0 Å². The van der Waals surface area contributed by atoms with Crippen molar-refractivity contribution in [3.05, 3.63) is 46.5 Å². The van der Waals surface area contributed by atoms with E-state index in [0.29, 0.717) is 17.2 Å². The fourth-order valence-corrected chi connectivity index (χ4v) is 1.47. The summed E-state index contributed by atoms with van der Waals surface area (Å²) in [7, 11) is 5.18. The fourth-order valence-electron chi connectivity index (χ4n) is 1.22. The molecule has 0 unspecified atom stereocenters. The molecule has 0 fully saturated rings. The van der Waals surface area contributed by atoms with Gasteiger partial charge in [-0.3, -0.25) is 4.99 Å². The van der Waals surface area contributed by atoms with Crippen LogP contribution in [0.4, 0.5) is 5.69 Å². The number of benzene rings is 1. The van der Waals surface area contributed by atoms with Gasteiger partial charge in [0.25, 0.3) is 0 Å². The molecular weight excluding hydrogens is 219 g/mol. The van der Waals surface area contributed by atoms with Crippen LogP contribution in [-0.2, 0) is 6.54 Å². The van der Waals surface area contributed by atoms with Crippen molar-refractivity contribution < 1.29 is 0 Å². The lowest BCUT2D eigenvalue weighted by atomic mass is 10.1. The molecule has 0 aliphatic rings. The highest BCUT2D eigenvalue weighted by Crippen LogP contribution is 2.20. The smallest absolute Gasteiger partial charge is 0.212 e. The fraction of sp³-hybridized carbons (Fsp3) is 0.182. The maximum Gasteiger partial charge on any atom is 0.212 e. The number of anilines is 1. The van der Waals surface area contributed by atoms with E-state index in [1.165, 1.54) is 11.8 Å².